The largest absolute Gasteiger partial charge is 0.462 e. The SMILES string of the molecule is CCOC(=O)c1cccc(NC(=O)CCc2ccc(C(C)(C)C)cc2)c1. The molecule has 2 aromatic rings. The minimum atomic E-state index is -0.387. The van der Waals surface area contributed by atoms with Gasteiger partial charge in [-0.2, -0.15) is 0 Å². The second-order valence-corrected chi connectivity index (χ2v) is 7.30. The van der Waals surface area contributed by atoms with Crippen LogP contribution in [0.3, 0.4) is 0 Å². The number of esters is 1. The van der Waals surface area contributed by atoms with E-state index in [1.807, 2.05) is 0 Å². The van der Waals surface area contributed by atoms with Gasteiger partial charge in [-0.25, -0.2) is 4.79 Å². The Morgan fingerprint density at radius 2 is 1.73 bits per heavy atom. The quantitative estimate of drug-likeness (QED) is 0.764. The van der Waals surface area contributed by atoms with E-state index in [2.05, 4.69) is 50.4 Å². The van der Waals surface area contributed by atoms with E-state index >= 15 is 0 Å². The molecule has 0 aliphatic rings. The highest BCUT2D eigenvalue weighted by Crippen LogP contribution is 2.22. The minimum Gasteiger partial charge on any atom is -0.462 e. The lowest BCUT2D eigenvalue weighted by atomic mass is 9.86. The molecular weight excluding hydrogens is 326 g/mol. The smallest absolute Gasteiger partial charge is 0.338 e. The predicted octanol–water partition coefficient (Wildman–Crippen LogP) is 4.73. The summed E-state index contributed by atoms with van der Waals surface area (Å²) in [6.45, 7) is 8.63. The zero-order chi connectivity index (χ0) is 19.2. The molecule has 0 spiro atoms. The number of carbonyl (C=O) groups excluding carboxylic acids is 2. The maximum Gasteiger partial charge on any atom is 0.338 e. The van der Waals surface area contributed by atoms with Gasteiger partial charge >= 0.3 is 5.97 Å². The third-order valence-corrected chi connectivity index (χ3v) is 4.12. The second kappa shape index (κ2) is 8.65. The van der Waals surface area contributed by atoms with E-state index in [-0.39, 0.29) is 17.3 Å². The van der Waals surface area contributed by atoms with Crippen molar-refractivity contribution in [2.24, 2.45) is 0 Å². The summed E-state index contributed by atoms with van der Waals surface area (Å²) in [5, 5.41) is 2.84. The Kier molecular flexibility index (Phi) is 6.56. The van der Waals surface area contributed by atoms with Crippen LogP contribution in [-0.2, 0) is 21.4 Å². The average Bonchev–Trinajstić information content (AvgIpc) is 2.60. The van der Waals surface area contributed by atoms with Gasteiger partial charge in [0.2, 0.25) is 5.91 Å². The number of rotatable bonds is 6. The molecule has 0 saturated heterocycles. The molecule has 138 valence electrons. The number of aryl methyl sites for hydroxylation is 1. The fraction of sp³-hybridized carbons (Fsp3) is 0.364. The summed E-state index contributed by atoms with van der Waals surface area (Å²) in [4.78, 5) is 23.9. The Labute approximate surface area is 155 Å². The number of ether oxygens (including phenoxy) is 1. The van der Waals surface area contributed by atoms with Crippen LogP contribution in [0.1, 0.15) is 55.6 Å². The summed E-state index contributed by atoms with van der Waals surface area (Å²) in [7, 11) is 0. The van der Waals surface area contributed by atoms with Crippen molar-refractivity contribution in [3.05, 3.63) is 65.2 Å². The van der Waals surface area contributed by atoms with Gasteiger partial charge in [-0.05, 0) is 48.1 Å². The number of anilines is 1. The lowest BCUT2D eigenvalue weighted by Crippen LogP contribution is -2.13. The molecule has 0 unspecified atom stereocenters. The highest BCUT2D eigenvalue weighted by atomic mass is 16.5. The van der Waals surface area contributed by atoms with Gasteiger partial charge in [-0.1, -0.05) is 51.1 Å². The van der Waals surface area contributed by atoms with Gasteiger partial charge in [0.15, 0.2) is 0 Å². The number of benzene rings is 2. The molecule has 0 aromatic heterocycles. The highest BCUT2D eigenvalue weighted by molar-refractivity contribution is 5.94. The van der Waals surface area contributed by atoms with Gasteiger partial charge in [0.25, 0.3) is 0 Å². The fourth-order valence-electron chi connectivity index (χ4n) is 2.59. The van der Waals surface area contributed by atoms with E-state index in [0.29, 0.717) is 30.7 Å². The van der Waals surface area contributed by atoms with Crippen LogP contribution in [0.2, 0.25) is 0 Å². The standard InChI is InChI=1S/C22H27NO3/c1-5-26-21(25)17-7-6-8-19(15-17)23-20(24)14-11-16-9-12-18(13-10-16)22(2,3)4/h6-10,12-13,15H,5,11,14H2,1-4H3,(H,23,24). The molecule has 2 rings (SSSR count). The van der Waals surface area contributed by atoms with Crippen molar-refractivity contribution in [1.82, 2.24) is 0 Å². The van der Waals surface area contributed by atoms with Crippen molar-refractivity contribution >= 4 is 17.6 Å². The van der Waals surface area contributed by atoms with Crippen LogP contribution in [-0.4, -0.2) is 18.5 Å². The van der Waals surface area contributed by atoms with E-state index in [4.69, 9.17) is 4.74 Å². The van der Waals surface area contributed by atoms with Gasteiger partial charge in [0, 0.05) is 12.1 Å². The Morgan fingerprint density at radius 3 is 2.35 bits per heavy atom. The van der Waals surface area contributed by atoms with Crippen LogP contribution < -0.4 is 5.32 Å². The van der Waals surface area contributed by atoms with Gasteiger partial charge in [-0.15, -0.1) is 0 Å². The molecule has 26 heavy (non-hydrogen) atoms. The number of nitrogens with one attached hydrogen (secondary N) is 1. The molecule has 0 heterocycles. The second-order valence-electron chi connectivity index (χ2n) is 7.30. The molecule has 4 heteroatoms. The van der Waals surface area contributed by atoms with Crippen LogP contribution in [0.15, 0.2) is 48.5 Å². The molecule has 1 amide bonds. The van der Waals surface area contributed by atoms with Gasteiger partial charge < -0.3 is 10.1 Å². The first-order chi connectivity index (χ1) is 12.3. The molecule has 0 bridgehead atoms. The molecule has 2 aromatic carbocycles. The highest BCUT2D eigenvalue weighted by Gasteiger charge is 2.13. The minimum absolute atomic E-state index is 0.0779. The maximum atomic E-state index is 12.2. The van der Waals surface area contributed by atoms with Crippen LogP contribution in [0.25, 0.3) is 0 Å². The Morgan fingerprint density at radius 1 is 1.04 bits per heavy atom. The molecule has 1 N–H and O–H groups in total. The van der Waals surface area contributed by atoms with Crippen molar-refractivity contribution in [3.8, 4) is 0 Å². The summed E-state index contributed by atoms with van der Waals surface area (Å²) in [6.07, 6.45) is 1.06. The number of hydrogen-bond donors (Lipinski definition) is 1. The van der Waals surface area contributed by atoms with Gasteiger partial charge in [0.05, 0.1) is 12.2 Å². The number of carbonyl (C=O) groups is 2. The molecule has 0 saturated carbocycles. The van der Waals surface area contributed by atoms with Gasteiger partial charge in [-0.3, -0.25) is 4.79 Å². The third kappa shape index (κ3) is 5.73. The normalized spacial score (nSPS) is 11.1. The Bertz CT molecular complexity index is 758. The van der Waals surface area contributed by atoms with Crippen LogP contribution in [0, 0.1) is 0 Å². The van der Waals surface area contributed by atoms with E-state index in [0.717, 1.165) is 5.56 Å². The van der Waals surface area contributed by atoms with Crippen molar-refractivity contribution in [2.45, 2.75) is 46.0 Å². The summed E-state index contributed by atoms with van der Waals surface area (Å²) >= 11 is 0. The topological polar surface area (TPSA) is 55.4 Å². The van der Waals surface area contributed by atoms with E-state index in [9.17, 15) is 9.59 Å². The zero-order valence-electron chi connectivity index (χ0n) is 16.0. The summed E-state index contributed by atoms with van der Waals surface area (Å²) in [5.41, 5.74) is 3.57. The van der Waals surface area contributed by atoms with Crippen molar-refractivity contribution in [1.29, 1.82) is 0 Å². The van der Waals surface area contributed by atoms with Crippen molar-refractivity contribution < 1.29 is 14.3 Å². The van der Waals surface area contributed by atoms with E-state index < -0.39 is 0 Å². The molecular formula is C22H27NO3. The van der Waals surface area contributed by atoms with E-state index in [1.54, 1.807) is 31.2 Å². The first kappa shape index (κ1) is 19.7. The zero-order valence-corrected chi connectivity index (χ0v) is 16.0. The Balaban J connectivity index is 1.91. The van der Waals surface area contributed by atoms with Crippen LogP contribution >= 0.6 is 0 Å². The number of hydrogen-bond acceptors (Lipinski definition) is 3. The predicted molar refractivity (Wildman–Crippen MR) is 104 cm³/mol. The summed E-state index contributed by atoms with van der Waals surface area (Å²) in [6, 6.07) is 15.2. The summed E-state index contributed by atoms with van der Waals surface area (Å²) < 4.78 is 4.98. The monoisotopic (exact) mass is 353 g/mol. The van der Waals surface area contributed by atoms with E-state index in [1.165, 1.54) is 5.56 Å². The van der Waals surface area contributed by atoms with Crippen molar-refractivity contribution in [2.75, 3.05) is 11.9 Å². The van der Waals surface area contributed by atoms with Crippen molar-refractivity contribution in [3.63, 3.8) is 0 Å². The molecule has 0 atom stereocenters. The third-order valence-electron chi connectivity index (χ3n) is 4.12. The first-order valence-corrected chi connectivity index (χ1v) is 8.96. The lowest BCUT2D eigenvalue weighted by Gasteiger charge is -2.19. The molecule has 0 fully saturated rings. The number of amides is 1. The Hall–Kier alpha value is -2.62. The molecule has 0 radical (unpaired) electrons. The average molecular weight is 353 g/mol. The molecule has 0 aliphatic carbocycles. The fourth-order valence-corrected chi connectivity index (χ4v) is 2.59. The maximum absolute atomic E-state index is 12.2. The van der Waals surface area contributed by atoms with Gasteiger partial charge in [0.1, 0.15) is 0 Å². The lowest BCUT2D eigenvalue weighted by molar-refractivity contribution is -0.116. The molecule has 0 aliphatic heterocycles. The summed E-state index contributed by atoms with van der Waals surface area (Å²) in [5.74, 6) is -0.464. The first-order valence-electron chi connectivity index (χ1n) is 8.96. The van der Waals surface area contributed by atoms with Crippen LogP contribution in [0.5, 0.6) is 0 Å². The molecule has 4 nitrogen and oxygen atoms in total. The van der Waals surface area contributed by atoms with Crippen LogP contribution in [0.4, 0.5) is 5.69 Å².